The number of nitrogens with one attached hydrogen (secondary N) is 1. The molecule has 0 saturated carbocycles. The molecular formula is C14H11BrClNO3S. The molecule has 0 saturated heterocycles. The molecule has 1 N–H and O–H groups in total. The van der Waals surface area contributed by atoms with E-state index in [0.717, 1.165) is 4.47 Å². The van der Waals surface area contributed by atoms with Crippen molar-refractivity contribution < 1.29 is 13.2 Å². The normalized spacial score (nSPS) is 11.2. The van der Waals surface area contributed by atoms with E-state index in [-0.39, 0.29) is 10.5 Å². The minimum Gasteiger partial charge on any atom is -0.279 e. The summed E-state index contributed by atoms with van der Waals surface area (Å²) in [5.41, 5.74) is 1.08. The van der Waals surface area contributed by atoms with Crippen molar-refractivity contribution in [3.8, 4) is 0 Å². The molecular weight excluding hydrogens is 378 g/mol. The average molecular weight is 389 g/mol. The molecule has 0 aliphatic heterocycles. The van der Waals surface area contributed by atoms with E-state index < -0.39 is 15.3 Å². The molecule has 2 aromatic rings. The van der Waals surface area contributed by atoms with Gasteiger partial charge in [-0.3, -0.25) is 9.52 Å². The molecule has 110 valence electrons. The zero-order chi connectivity index (χ0) is 15.6. The topological polar surface area (TPSA) is 63.2 Å². The number of hydrogen-bond acceptors (Lipinski definition) is 3. The van der Waals surface area contributed by atoms with Crippen LogP contribution in [0.1, 0.15) is 15.9 Å². The van der Waals surface area contributed by atoms with E-state index in [1.54, 1.807) is 37.3 Å². The highest BCUT2D eigenvalue weighted by Crippen LogP contribution is 2.24. The minimum atomic E-state index is -3.72. The summed E-state index contributed by atoms with van der Waals surface area (Å²) in [7, 11) is -3.72. The molecule has 0 heterocycles. The largest absolute Gasteiger partial charge is 0.279 e. The Morgan fingerprint density at radius 3 is 2.33 bits per heavy atom. The third kappa shape index (κ3) is 3.64. The first-order valence-electron chi connectivity index (χ1n) is 5.89. The van der Waals surface area contributed by atoms with Crippen LogP contribution in [0.5, 0.6) is 0 Å². The predicted molar refractivity (Wildman–Crippen MR) is 86.3 cm³/mol. The minimum absolute atomic E-state index is 0.132. The monoisotopic (exact) mass is 387 g/mol. The second kappa shape index (κ2) is 6.17. The Balaban J connectivity index is 2.39. The number of carbonyl (C=O) groups is 1. The molecule has 0 amide bonds. The lowest BCUT2D eigenvalue weighted by molar-refractivity contribution is 0.108. The fraction of sp³-hybridized carbons (Fsp3) is 0.0714. The Morgan fingerprint density at radius 1 is 1.14 bits per heavy atom. The molecule has 2 rings (SSSR count). The van der Waals surface area contributed by atoms with Crippen LogP contribution in [0, 0.1) is 6.92 Å². The fourth-order valence-electron chi connectivity index (χ4n) is 1.78. The molecule has 0 aliphatic carbocycles. The van der Waals surface area contributed by atoms with Gasteiger partial charge in [0.05, 0.1) is 10.6 Å². The fourth-order valence-corrected chi connectivity index (χ4v) is 3.37. The molecule has 7 heteroatoms. The van der Waals surface area contributed by atoms with Crippen LogP contribution >= 0.6 is 27.5 Å². The van der Waals surface area contributed by atoms with Gasteiger partial charge in [-0.1, -0.05) is 22.0 Å². The summed E-state index contributed by atoms with van der Waals surface area (Å²) >= 11 is 8.71. The maximum absolute atomic E-state index is 12.3. The summed E-state index contributed by atoms with van der Waals surface area (Å²) in [5, 5.41) is -0.628. The molecule has 0 unspecified atom stereocenters. The highest BCUT2D eigenvalue weighted by Gasteiger charge is 2.17. The van der Waals surface area contributed by atoms with E-state index >= 15 is 0 Å². The Morgan fingerprint density at radius 2 is 1.76 bits per heavy atom. The van der Waals surface area contributed by atoms with Gasteiger partial charge in [0.25, 0.3) is 15.3 Å². The molecule has 0 bridgehead atoms. The van der Waals surface area contributed by atoms with Gasteiger partial charge < -0.3 is 0 Å². The highest BCUT2D eigenvalue weighted by atomic mass is 79.9. The third-order valence-electron chi connectivity index (χ3n) is 2.91. The van der Waals surface area contributed by atoms with Gasteiger partial charge >= 0.3 is 0 Å². The Bertz CT molecular complexity index is 788. The molecule has 0 fully saturated rings. The van der Waals surface area contributed by atoms with Crippen LogP contribution in [-0.2, 0) is 10.0 Å². The van der Waals surface area contributed by atoms with Crippen LogP contribution in [0.15, 0.2) is 51.8 Å². The summed E-state index contributed by atoms with van der Waals surface area (Å²) in [6, 6.07) is 10.9. The lowest BCUT2D eigenvalue weighted by atomic mass is 10.1. The molecule has 0 radical (unpaired) electrons. The van der Waals surface area contributed by atoms with E-state index in [1.807, 2.05) is 0 Å². The van der Waals surface area contributed by atoms with Gasteiger partial charge in [-0.2, -0.15) is 0 Å². The predicted octanol–water partition coefficient (Wildman–Crippen LogP) is 3.94. The van der Waals surface area contributed by atoms with E-state index in [0.29, 0.717) is 11.3 Å². The summed E-state index contributed by atoms with van der Waals surface area (Å²) in [4.78, 5) is 11.4. The average Bonchev–Trinajstić information content (AvgIpc) is 2.41. The zero-order valence-corrected chi connectivity index (χ0v) is 14.1. The van der Waals surface area contributed by atoms with Gasteiger partial charge in [-0.25, -0.2) is 8.42 Å². The number of carbonyl (C=O) groups excluding carboxylic acids is 1. The second-order valence-electron chi connectivity index (χ2n) is 4.31. The van der Waals surface area contributed by atoms with Crippen LogP contribution in [0.3, 0.4) is 0 Å². The number of halogens is 2. The third-order valence-corrected chi connectivity index (χ3v) is 5.03. The van der Waals surface area contributed by atoms with E-state index in [9.17, 15) is 13.2 Å². The van der Waals surface area contributed by atoms with E-state index in [2.05, 4.69) is 20.7 Å². The molecule has 21 heavy (non-hydrogen) atoms. The van der Waals surface area contributed by atoms with Crippen molar-refractivity contribution >= 4 is 48.5 Å². The van der Waals surface area contributed by atoms with Gasteiger partial charge in [0.15, 0.2) is 0 Å². The van der Waals surface area contributed by atoms with Crippen LogP contribution in [0.25, 0.3) is 0 Å². The van der Waals surface area contributed by atoms with Gasteiger partial charge in [0.2, 0.25) is 0 Å². The van der Waals surface area contributed by atoms with Crippen LogP contribution in [-0.4, -0.2) is 13.7 Å². The quantitative estimate of drug-likeness (QED) is 0.807. The first kappa shape index (κ1) is 16.0. The Hall–Kier alpha value is -1.37. The smallest absolute Gasteiger partial charge is 0.261 e. The van der Waals surface area contributed by atoms with Crippen LogP contribution < -0.4 is 4.72 Å². The molecule has 0 spiro atoms. The molecule has 0 atom stereocenters. The van der Waals surface area contributed by atoms with Crippen molar-refractivity contribution in [2.45, 2.75) is 11.8 Å². The maximum Gasteiger partial charge on any atom is 0.261 e. The van der Waals surface area contributed by atoms with Crippen LogP contribution in [0.2, 0.25) is 0 Å². The molecule has 0 aromatic heterocycles. The number of rotatable bonds is 4. The van der Waals surface area contributed by atoms with Crippen LogP contribution in [0.4, 0.5) is 5.69 Å². The number of anilines is 1. The standard InChI is InChI=1S/C14H11BrClNO3S/c1-9-12(14(16)18)3-2-4-13(9)17-21(19,20)11-7-5-10(15)6-8-11/h2-8,17H,1H3. The SMILES string of the molecule is Cc1c(NS(=O)(=O)c2ccc(Br)cc2)cccc1C(=O)Cl. The first-order valence-corrected chi connectivity index (χ1v) is 8.54. The summed E-state index contributed by atoms with van der Waals surface area (Å²) in [6.07, 6.45) is 0. The maximum atomic E-state index is 12.3. The van der Waals surface area contributed by atoms with Crippen molar-refractivity contribution in [2.75, 3.05) is 4.72 Å². The molecule has 0 aliphatic rings. The summed E-state index contributed by atoms with van der Waals surface area (Å²) in [5.74, 6) is 0. The number of benzene rings is 2. The zero-order valence-electron chi connectivity index (χ0n) is 10.9. The number of sulfonamides is 1. The molecule has 2 aromatic carbocycles. The van der Waals surface area contributed by atoms with Crippen molar-refractivity contribution in [3.63, 3.8) is 0 Å². The highest BCUT2D eigenvalue weighted by molar-refractivity contribution is 9.10. The molecule has 4 nitrogen and oxygen atoms in total. The Labute approximate surface area is 136 Å². The van der Waals surface area contributed by atoms with Gasteiger partial charge in [-0.15, -0.1) is 0 Å². The van der Waals surface area contributed by atoms with Crippen molar-refractivity contribution in [1.82, 2.24) is 0 Å². The van der Waals surface area contributed by atoms with E-state index in [1.165, 1.54) is 12.1 Å². The Kier molecular flexibility index (Phi) is 4.70. The second-order valence-corrected chi connectivity index (χ2v) is 7.25. The van der Waals surface area contributed by atoms with Crippen molar-refractivity contribution in [3.05, 3.63) is 58.1 Å². The summed E-state index contributed by atoms with van der Waals surface area (Å²) < 4.78 is 27.9. The summed E-state index contributed by atoms with van der Waals surface area (Å²) in [6.45, 7) is 1.63. The van der Waals surface area contributed by atoms with E-state index in [4.69, 9.17) is 11.6 Å². The number of hydrogen-bond donors (Lipinski definition) is 1. The van der Waals surface area contributed by atoms with Gasteiger partial charge in [0.1, 0.15) is 0 Å². The van der Waals surface area contributed by atoms with Gasteiger partial charge in [0, 0.05) is 10.0 Å². The first-order chi connectivity index (χ1) is 9.81. The van der Waals surface area contributed by atoms with Gasteiger partial charge in [-0.05, 0) is 60.5 Å². The lowest BCUT2D eigenvalue weighted by Crippen LogP contribution is -2.14. The van der Waals surface area contributed by atoms with Crippen molar-refractivity contribution in [1.29, 1.82) is 0 Å². The lowest BCUT2D eigenvalue weighted by Gasteiger charge is -2.12. The van der Waals surface area contributed by atoms with Crippen molar-refractivity contribution in [2.24, 2.45) is 0 Å².